The number of hydrogen-bond donors (Lipinski definition) is 1. The maximum absolute atomic E-state index is 12.2. The molecule has 6 heteroatoms. The summed E-state index contributed by atoms with van der Waals surface area (Å²) in [7, 11) is 0. The van der Waals surface area contributed by atoms with E-state index in [9.17, 15) is 4.79 Å². The maximum atomic E-state index is 12.2. The van der Waals surface area contributed by atoms with Crippen LogP contribution in [-0.2, 0) is 6.54 Å². The van der Waals surface area contributed by atoms with E-state index in [-0.39, 0.29) is 5.56 Å². The minimum absolute atomic E-state index is 0.0163. The third kappa shape index (κ3) is 2.52. The molecule has 2 saturated heterocycles. The van der Waals surface area contributed by atoms with Gasteiger partial charge in [0, 0.05) is 36.4 Å². The Bertz CT molecular complexity index is 732. The summed E-state index contributed by atoms with van der Waals surface area (Å²) >= 11 is 3.38. The molecule has 2 aliphatic heterocycles. The highest BCUT2D eigenvalue weighted by molar-refractivity contribution is 9.10. The average Bonchev–Trinajstić information content (AvgIpc) is 3.00. The fourth-order valence-corrected chi connectivity index (χ4v) is 3.85. The van der Waals surface area contributed by atoms with Crippen molar-refractivity contribution in [3.05, 3.63) is 44.9 Å². The quantitative estimate of drug-likeness (QED) is 0.883. The van der Waals surface area contributed by atoms with E-state index in [1.165, 1.54) is 0 Å². The smallest absolute Gasteiger partial charge is 0.258 e. The van der Waals surface area contributed by atoms with Crippen LogP contribution in [0.4, 0.5) is 0 Å². The van der Waals surface area contributed by atoms with Crippen molar-refractivity contribution in [2.75, 3.05) is 26.2 Å². The first kappa shape index (κ1) is 13.4. The van der Waals surface area contributed by atoms with E-state index in [4.69, 9.17) is 0 Å². The molecule has 4 rings (SSSR count). The summed E-state index contributed by atoms with van der Waals surface area (Å²) < 4.78 is 2.46. The Morgan fingerprint density at radius 3 is 2.81 bits per heavy atom. The highest BCUT2D eigenvalue weighted by Gasteiger charge is 2.35. The van der Waals surface area contributed by atoms with Crippen molar-refractivity contribution >= 4 is 21.6 Å². The third-order valence-corrected chi connectivity index (χ3v) is 5.00. The monoisotopic (exact) mass is 348 g/mol. The molecule has 5 nitrogen and oxygen atoms in total. The first-order valence-electron chi connectivity index (χ1n) is 7.30. The van der Waals surface area contributed by atoms with Crippen molar-refractivity contribution in [1.82, 2.24) is 19.6 Å². The molecule has 0 unspecified atom stereocenters. The van der Waals surface area contributed by atoms with Gasteiger partial charge in [-0.15, -0.1) is 0 Å². The summed E-state index contributed by atoms with van der Waals surface area (Å²) in [5, 5.41) is 3.45. The van der Waals surface area contributed by atoms with E-state index in [0.717, 1.165) is 54.7 Å². The molecule has 21 heavy (non-hydrogen) atoms. The van der Waals surface area contributed by atoms with Gasteiger partial charge in [-0.3, -0.25) is 14.1 Å². The fourth-order valence-electron chi connectivity index (χ4n) is 3.52. The van der Waals surface area contributed by atoms with E-state index in [1.807, 2.05) is 12.1 Å². The molecule has 0 saturated carbocycles. The van der Waals surface area contributed by atoms with Crippen LogP contribution in [0.2, 0.25) is 0 Å². The van der Waals surface area contributed by atoms with Crippen LogP contribution < -0.4 is 10.9 Å². The van der Waals surface area contributed by atoms with Gasteiger partial charge in [0.2, 0.25) is 0 Å². The zero-order chi connectivity index (χ0) is 14.4. The number of rotatable bonds is 2. The Morgan fingerprint density at radius 2 is 2.05 bits per heavy atom. The molecule has 0 spiro atoms. The van der Waals surface area contributed by atoms with Crippen molar-refractivity contribution < 1.29 is 0 Å². The van der Waals surface area contributed by atoms with Gasteiger partial charge in [-0.05, 0) is 53.0 Å². The first-order chi connectivity index (χ1) is 10.2. The first-order valence-corrected chi connectivity index (χ1v) is 8.09. The summed E-state index contributed by atoms with van der Waals surface area (Å²) in [6.45, 7) is 5.25. The number of nitrogens with one attached hydrogen (secondary N) is 1. The van der Waals surface area contributed by atoms with Gasteiger partial charge < -0.3 is 5.32 Å². The minimum Gasteiger partial charge on any atom is -0.316 e. The molecular weight excluding hydrogens is 332 g/mol. The Morgan fingerprint density at radius 1 is 1.29 bits per heavy atom. The Labute approximate surface area is 131 Å². The summed E-state index contributed by atoms with van der Waals surface area (Å²) in [5.74, 6) is 1.53. The molecule has 0 amide bonds. The summed E-state index contributed by atoms with van der Waals surface area (Å²) in [4.78, 5) is 19.2. The van der Waals surface area contributed by atoms with E-state index >= 15 is 0 Å². The molecule has 2 aromatic rings. The molecular formula is C15H17BrN4O. The zero-order valence-corrected chi connectivity index (χ0v) is 13.2. The lowest BCUT2D eigenvalue weighted by Crippen LogP contribution is -2.27. The molecule has 0 radical (unpaired) electrons. The van der Waals surface area contributed by atoms with Crippen LogP contribution in [0.25, 0.3) is 5.65 Å². The molecule has 2 fully saturated rings. The lowest BCUT2D eigenvalue weighted by molar-refractivity contribution is 0.302. The van der Waals surface area contributed by atoms with E-state index < -0.39 is 0 Å². The van der Waals surface area contributed by atoms with Crippen molar-refractivity contribution in [3.63, 3.8) is 0 Å². The molecule has 2 aromatic heterocycles. The number of pyridine rings is 1. The number of hydrogen-bond acceptors (Lipinski definition) is 4. The van der Waals surface area contributed by atoms with Gasteiger partial charge in [-0.1, -0.05) is 0 Å². The van der Waals surface area contributed by atoms with Crippen LogP contribution >= 0.6 is 15.9 Å². The second kappa shape index (κ2) is 5.19. The summed E-state index contributed by atoms with van der Waals surface area (Å²) in [6, 6.07) is 5.45. The van der Waals surface area contributed by atoms with Gasteiger partial charge in [-0.2, -0.15) is 0 Å². The topological polar surface area (TPSA) is 49.6 Å². The fraction of sp³-hybridized carbons (Fsp3) is 0.467. The van der Waals surface area contributed by atoms with E-state index in [0.29, 0.717) is 5.65 Å². The number of fused-ring (bicyclic) bond motifs is 2. The highest BCUT2D eigenvalue weighted by Crippen LogP contribution is 2.27. The molecule has 2 atom stereocenters. The van der Waals surface area contributed by atoms with Crippen molar-refractivity contribution in [2.24, 2.45) is 11.8 Å². The Balaban J connectivity index is 1.60. The summed E-state index contributed by atoms with van der Waals surface area (Å²) in [5.41, 5.74) is 1.56. The number of likely N-dealkylation sites (tertiary alicyclic amines) is 1. The van der Waals surface area contributed by atoms with Crippen LogP contribution in [0.15, 0.2) is 33.7 Å². The standard InChI is InChI=1S/C15H17BrN4O/c16-12-1-2-14-18-13(3-15(21)20(14)8-12)9-19-6-10-4-17-5-11(10)7-19/h1-3,8,10-11,17H,4-7,9H2/t10-,11+. The molecule has 1 N–H and O–H groups in total. The predicted octanol–water partition coefficient (Wildman–Crippen LogP) is 1.11. The lowest BCUT2D eigenvalue weighted by atomic mass is 10.0. The SMILES string of the molecule is O=c1cc(CN2C[C@H]3CNC[C@H]3C2)nc2ccc(Br)cn12. The van der Waals surface area contributed by atoms with Gasteiger partial charge in [0.25, 0.3) is 5.56 Å². The van der Waals surface area contributed by atoms with Crippen molar-refractivity contribution in [1.29, 1.82) is 0 Å². The minimum atomic E-state index is -0.0163. The average molecular weight is 349 g/mol. The maximum Gasteiger partial charge on any atom is 0.258 e. The lowest BCUT2D eigenvalue weighted by Gasteiger charge is -2.16. The van der Waals surface area contributed by atoms with E-state index in [2.05, 4.69) is 31.1 Å². The van der Waals surface area contributed by atoms with Gasteiger partial charge in [0.1, 0.15) is 5.65 Å². The molecule has 4 heterocycles. The third-order valence-electron chi connectivity index (χ3n) is 4.53. The highest BCUT2D eigenvalue weighted by atomic mass is 79.9. The van der Waals surface area contributed by atoms with Gasteiger partial charge in [0.05, 0.1) is 5.69 Å². The number of halogens is 1. The van der Waals surface area contributed by atoms with Gasteiger partial charge >= 0.3 is 0 Å². The molecule has 2 aliphatic rings. The predicted molar refractivity (Wildman–Crippen MR) is 84.3 cm³/mol. The normalized spacial score (nSPS) is 25.6. The van der Waals surface area contributed by atoms with Crippen molar-refractivity contribution in [3.8, 4) is 0 Å². The second-order valence-corrected chi connectivity index (χ2v) is 6.95. The van der Waals surface area contributed by atoms with Gasteiger partial charge in [0.15, 0.2) is 0 Å². The summed E-state index contributed by atoms with van der Waals surface area (Å²) in [6.07, 6.45) is 1.76. The second-order valence-electron chi connectivity index (χ2n) is 6.03. The van der Waals surface area contributed by atoms with E-state index in [1.54, 1.807) is 16.7 Å². The van der Waals surface area contributed by atoms with Crippen LogP contribution in [0.5, 0.6) is 0 Å². The van der Waals surface area contributed by atoms with Crippen molar-refractivity contribution in [2.45, 2.75) is 6.54 Å². The zero-order valence-electron chi connectivity index (χ0n) is 11.6. The molecule has 110 valence electrons. The number of aromatic nitrogens is 2. The van der Waals surface area contributed by atoms with Crippen LogP contribution in [-0.4, -0.2) is 40.5 Å². The molecule has 0 aliphatic carbocycles. The van der Waals surface area contributed by atoms with Gasteiger partial charge in [-0.25, -0.2) is 4.98 Å². The van der Waals surface area contributed by atoms with Crippen LogP contribution in [0.1, 0.15) is 5.69 Å². The largest absolute Gasteiger partial charge is 0.316 e. The molecule has 0 bridgehead atoms. The van der Waals surface area contributed by atoms with Crippen LogP contribution in [0.3, 0.4) is 0 Å². The Kier molecular flexibility index (Phi) is 3.32. The molecule has 0 aromatic carbocycles. The Hall–Kier alpha value is -1.24. The number of nitrogens with zero attached hydrogens (tertiary/aromatic N) is 3. The van der Waals surface area contributed by atoms with Crippen LogP contribution in [0, 0.1) is 11.8 Å².